The van der Waals surface area contributed by atoms with Crippen LogP contribution in [-0.2, 0) is 16.6 Å². The van der Waals surface area contributed by atoms with Gasteiger partial charge >= 0.3 is 0 Å². The summed E-state index contributed by atoms with van der Waals surface area (Å²) in [5, 5.41) is -0.904. The van der Waals surface area contributed by atoms with Crippen molar-refractivity contribution in [3.05, 3.63) is 23.9 Å². The van der Waals surface area contributed by atoms with E-state index in [0.29, 0.717) is 5.88 Å². The maximum atomic E-state index is 11.7. The van der Waals surface area contributed by atoms with Gasteiger partial charge in [0.15, 0.2) is 0 Å². The Bertz CT molecular complexity index is 514. The predicted octanol–water partition coefficient (Wildman–Crippen LogP) is 0.184. The summed E-state index contributed by atoms with van der Waals surface area (Å²) in [7, 11) is -2.04. The SMILES string of the molecule is COc1ccc(CNS(=O)(=O)C(C)C(N)=S)cn1. The van der Waals surface area contributed by atoms with E-state index in [4.69, 9.17) is 10.5 Å². The molecule has 0 fully saturated rings. The third-order valence-electron chi connectivity index (χ3n) is 2.35. The Morgan fingerprint density at radius 1 is 1.61 bits per heavy atom. The van der Waals surface area contributed by atoms with Crippen molar-refractivity contribution >= 4 is 27.2 Å². The van der Waals surface area contributed by atoms with Crippen molar-refractivity contribution in [2.24, 2.45) is 5.73 Å². The molecule has 18 heavy (non-hydrogen) atoms. The fraction of sp³-hybridized carbons (Fsp3) is 0.400. The van der Waals surface area contributed by atoms with E-state index in [1.807, 2.05) is 0 Å². The standard InChI is InChI=1S/C10H15N3O3S2/c1-7(10(11)17)18(14,15)13-6-8-3-4-9(16-2)12-5-8/h3-5,7,13H,6H2,1-2H3,(H2,11,17). The minimum atomic E-state index is -3.55. The zero-order valence-corrected chi connectivity index (χ0v) is 11.7. The normalized spacial score (nSPS) is 13.0. The number of nitrogens with two attached hydrogens (primary N) is 1. The van der Waals surface area contributed by atoms with E-state index in [1.54, 1.807) is 12.1 Å². The molecule has 0 aliphatic heterocycles. The number of pyridine rings is 1. The highest BCUT2D eigenvalue weighted by molar-refractivity contribution is 7.93. The van der Waals surface area contributed by atoms with Crippen LogP contribution in [0.3, 0.4) is 0 Å². The molecule has 6 nitrogen and oxygen atoms in total. The molecule has 100 valence electrons. The molecule has 1 aromatic heterocycles. The van der Waals surface area contributed by atoms with Crippen LogP contribution < -0.4 is 15.2 Å². The van der Waals surface area contributed by atoms with E-state index in [0.717, 1.165) is 5.56 Å². The molecule has 0 aromatic carbocycles. The lowest BCUT2D eigenvalue weighted by Crippen LogP contribution is -2.39. The lowest BCUT2D eigenvalue weighted by Gasteiger charge is -2.12. The molecule has 1 rings (SSSR count). The number of hydrogen-bond acceptors (Lipinski definition) is 5. The summed E-state index contributed by atoms with van der Waals surface area (Å²) in [5.41, 5.74) is 6.03. The van der Waals surface area contributed by atoms with Gasteiger partial charge in [0.2, 0.25) is 15.9 Å². The van der Waals surface area contributed by atoms with Crippen LogP contribution in [0.2, 0.25) is 0 Å². The van der Waals surface area contributed by atoms with E-state index in [2.05, 4.69) is 21.9 Å². The first-order valence-corrected chi connectivity index (χ1v) is 7.09. The van der Waals surface area contributed by atoms with Gasteiger partial charge in [-0.3, -0.25) is 0 Å². The molecular weight excluding hydrogens is 274 g/mol. The Labute approximate surface area is 112 Å². The first kappa shape index (κ1) is 14.8. The summed E-state index contributed by atoms with van der Waals surface area (Å²) >= 11 is 4.66. The van der Waals surface area contributed by atoms with Crippen LogP contribution in [-0.4, -0.2) is 30.8 Å². The third kappa shape index (κ3) is 3.90. The molecule has 0 aliphatic carbocycles. The van der Waals surface area contributed by atoms with Crippen LogP contribution in [0.1, 0.15) is 12.5 Å². The van der Waals surface area contributed by atoms with Gasteiger partial charge in [0.1, 0.15) is 5.25 Å². The van der Waals surface area contributed by atoms with Gasteiger partial charge in [-0.15, -0.1) is 0 Å². The predicted molar refractivity (Wildman–Crippen MR) is 72.8 cm³/mol. The Hall–Kier alpha value is -1.25. The van der Waals surface area contributed by atoms with Gasteiger partial charge in [-0.2, -0.15) is 0 Å². The van der Waals surface area contributed by atoms with Gasteiger partial charge in [-0.1, -0.05) is 18.3 Å². The van der Waals surface area contributed by atoms with Gasteiger partial charge in [0.25, 0.3) is 0 Å². The zero-order chi connectivity index (χ0) is 13.8. The third-order valence-corrected chi connectivity index (χ3v) is 4.58. The Kier molecular flexibility index (Phi) is 5.00. The van der Waals surface area contributed by atoms with E-state index in [1.165, 1.54) is 20.2 Å². The van der Waals surface area contributed by atoms with Crippen LogP contribution in [0.5, 0.6) is 5.88 Å². The topological polar surface area (TPSA) is 94.3 Å². The highest BCUT2D eigenvalue weighted by Crippen LogP contribution is 2.07. The molecule has 0 radical (unpaired) electrons. The van der Waals surface area contributed by atoms with Crippen molar-refractivity contribution in [2.45, 2.75) is 18.7 Å². The number of ether oxygens (including phenoxy) is 1. The van der Waals surface area contributed by atoms with E-state index in [9.17, 15) is 8.42 Å². The molecule has 0 saturated heterocycles. The summed E-state index contributed by atoms with van der Waals surface area (Å²) in [6.45, 7) is 1.57. The van der Waals surface area contributed by atoms with Crippen LogP contribution in [0.25, 0.3) is 0 Å². The highest BCUT2D eigenvalue weighted by atomic mass is 32.2. The van der Waals surface area contributed by atoms with E-state index in [-0.39, 0.29) is 11.5 Å². The number of nitrogens with one attached hydrogen (secondary N) is 1. The van der Waals surface area contributed by atoms with E-state index >= 15 is 0 Å². The molecule has 1 unspecified atom stereocenters. The Morgan fingerprint density at radius 3 is 2.72 bits per heavy atom. The molecule has 0 aliphatic rings. The van der Waals surface area contributed by atoms with Crippen molar-refractivity contribution in [1.29, 1.82) is 0 Å². The largest absolute Gasteiger partial charge is 0.481 e. The van der Waals surface area contributed by atoms with Gasteiger partial charge < -0.3 is 10.5 Å². The molecular formula is C10H15N3O3S2. The van der Waals surface area contributed by atoms with Crippen LogP contribution in [0, 0.1) is 0 Å². The molecule has 0 spiro atoms. The van der Waals surface area contributed by atoms with Crippen molar-refractivity contribution < 1.29 is 13.2 Å². The van der Waals surface area contributed by atoms with Crippen LogP contribution in [0.4, 0.5) is 0 Å². The molecule has 1 atom stereocenters. The summed E-state index contributed by atoms with van der Waals surface area (Å²) in [6, 6.07) is 3.38. The number of hydrogen-bond donors (Lipinski definition) is 2. The highest BCUT2D eigenvalue weighted by Gasteiger charge is 2.22. The summed E-state index contributed by atoms with van der Waals surface area (Å²) in [4.78, 5) is 3.91. The summed E-state index contributed by atoms with van der Waals surface area (Å²) in [6.07, 6.45) is 1.53. The molecule has 0 amide bonds. The van der Waals surface area contributed by atoms with Gasteiger partial charge in [0.05, 0.1) is 12.1 Å². The summed E-state index contributed by atoms with van der Waals surface area (Å²) < 4.78 is 30.8. The zero-order valence-electron chi connectivity index (χ0n) is 10.1. The second-order valence-electron chi connectivity index (χ2n) is 3.62. The average Bonchev–Trinajstić information content (AvgIpc) is 2.36. The second-order valence-corrected chi connectivity index (χ2v) is 6.18. The van der Waals surface area contributed by atoms with E-state index < -0.39 is 15.3 Å². The Morgan fingerprint density at radius 2 is 2.28 bits per heavy atom. The number of methoxy groups -OCH3 is 1. The smallest absolute Gasteiger partial charge is 0.221 e. The molecule has 0 bridgehead atoms. The fourth-order valence-electron chi connectivity index (χ4n) is 1.10. The number of aromatic nitrogens is 1. The van der Waals surface area contributed by atoms with Crippen molar-refractivity contribution in [1.82, 2.24) is 9.71 Å². The van der Waals surface area contributed by atoms with Crippen molar-refractivity contribution in [3.8, 4) is 5.88 Å². The van der Waals surface area contributed by atoms with Gasteiger partial charge in [0, 0.05) is 18.8 Å². The average molecular weight is 289 g/mol. The molecule has 3 N–H and O–H groups in total. The van der Waals surface area contributed by atoms with Crippen molar-refractivity contribution in [2.75, 3.05) is 7.11 Å². The second kappa shape index (κ2) is 6.07. The Balaban J connectivity index is 2.67. The molecule has 8 heteroatoms. The first-order chi connectivity index (χ1) is 8.36. The number of nitrogens with zero attached hydrogens (tertiary/aromatic N) is 1. The summed E-state index contributed by atoms with van der Waals surface area (Å²) in [5.74, 6) is 0.470. The number of rotatable bonds is 6. The molecule has 1 heterocycles. The monoisotopic (exact) mass is 289 g/mol. The van der Waals surface area contributed by atoms with Crippen LogP contribution >= 0.6 is 12.2 Å². The quantitative estimate of drug-likeness (QED) is 0.726. The lowest BCUT2D eigenvalue weighted by atomic mass is 10.3. The first-order valence-electron chi connectivity index (χ1n) is 5.13. The fourth-order valence-corrected chi connectivity index (χ4v) is 2.40. The van der Waals surface area contributed by atoms with Gasteiger partial charge in [-0.25, -0.2) is 18.1 Å². The van der Waals surface area contributed by atoms with Gasteiger partial charge in [-0.05, 0) is 12.5 Å². The maximum Gasteiger partial charge on any atom is 0.221 e. The molecule has 1 aromatic rings. The van der Waals surface area contributed by atoms with Crippen LogP contribution in [0.15, 0.2) is 18.3 Å². The maximum absolute atomic E-state index is 11.7. The number of sulfonamides is 1. The van der Waals surface area contributed by atoms with Crippen molar-refractivity contribution in [3.63, 3.8) is 0 Å². The lowest BCUT2D eigenvalue weighted by molar-refractivity contribution is 0.397. The molecule has 0 saturated carbocycles. The number of thiocarbonyl (C=S) groups is 1. The minimum Gasteiger partial charge on any atom is -0.481 e. The minimum absolute atomic E-state index is 0.0599.